The van der Waals surface area contributed by atoms with Crippen molar-refractivity contribution < 1.29 is 4.39 Å². The Morgan fingerprint density at radius 1 is 1.24 bits per heavy atom. The minimum Gasteiger partial charge on any atom is -0.368 e. The molecule has 0 bridgehead atoms. The Labute approximate surface area is 127 Å². The fourth-order valence-corrected chi connectivity index (χ4v) is 2.01. The number of nitrogens with two attached hydrogens (primary N) is 1. The molecule has 0 atom stereocenters. The van der Waals surface area contributed by atoms with E-state index in [2.05, 4.69) is 20.3 Å². The molecule has 0 radical (unpaired) electrons. The van der Waals surface area contributed by atoms with E-state index < -0.39 is 5.82 Å². The highest BCUT2D eigenvalue weighted by molar-refractivity contribution is 6.33. The summed E-state index contributed by atoms with van der Waals surface area (Å²) >= 11 is 5.96. The lowest BCUT2D eigenvalue weighted by atomic mass is 10.3. The predicted molar refractivity (Wildman–Crippen MR) is 82.5 cm³/mol. The van der Waals surface area contributed by atoms with Gasteiger partial charge in [-0.1, -0.05) is 11.6 Å². The maximum absolute atomic E-state index is 13.0. The van der Waals surface area contributed by atoms with Gasteiger partial charge in [0.1, 0.15) is 5.82 Å². The zero-order valence-electron chi connectivity index (χ0n) is 11.8. The van der Waals surface area contributed by atoms with Crippen LogP contribution in [0.4, 0.5) is 27.9 Å². The fraction of sp³-hybridized carbons (Fsp3) is 0.308. The average molecular weight is 311 g/mol. The summed E-state index contributed by atoms with van der Waals surface area (Å²) in [6, 6.07) is 4.01. The first kappa shape index (κ1) is 15.2. The summed E-state index contributed by atoms with van der Waals surface area (Å²) < 4.78 is 13.0. The van der Waals surface area contributed by atoms with Crippen molar-refractivity contribution in [2.45, 2.75) is 13.8 Å². The van der Waals surface area contributed by atoms with Crippen LogP contribution >= 0.6 is 11.6 Å². The highest BCUT2D eigenvalue weighted by Crippen LogP contribution is 2.25. The van der Waals surface area contributed by atoms with Gasteiger partial charge in [0.05, 0.1) is 10.7 Å². The number of nitrogen functional groups attached to an aromatic ring is 1. The number of aromatic nitrogens is 3. The molecule has 1 heterocycles. The summed E-state index contributed by atoms with van der Waals surface area (Å²) in [6.45, 7) is 5.48. The monoisotopic (exact) mass is 310 g/mol. The highest BCUT2D eigenvalue weighted by Gasteiger charge is 2.11. The largest absolute Gasteiger partial charge is 0.368 e. The van der Waals surface area contributed by atoms with Gasteiger partial charge in [-0.2, -0.15) is 15.0 Å². The molecular formula is C13H16ClFN6. The predicted octanol–water partition coefficient (Wildman–Crippen LogP) is 2.84. The zero-order chi connectivity index (χ0) is 15.4. The standard InChI is InChI=1S/C13H16ClFN6/c1-3-21(4-2)13-19-11(16)18-12(20-13)17-10-6-5-8(15)7-9(10)14/h5-7H,3-4H2,1-2H3,(H3,16,17,18,19,20). The second kappa shape index (κ2) is 6.53. The molecule has 2 rings (SSSR count). The number of nitrogens with zero attached hydrogens (tertiary/aromatic N) is 4. The van der Waals surface area contributed by atoms with Crippen molar-refractivity contribution in [3.05, 3.63) is 29.0 Å². The molecule has 6 nitrogen and oxygen atoms in total. The molecule has 0 fully saturated rings. The molecule has 8 heteroatoms. The molecule has 0 unspecified atom stereocenters. The highest BCUT2D eigenvalue weighted by atomic mass is 35.5. The van der Waals surface area contributed by atoms with Crippen molar-refractivity contribution >= 4 is 35.1 Å². The summed E-state index contributed by atoms with van der Waals surface area (Å²) in [4.78, 5) is 14.3. The fourth-order valence-electron chi connectivity index (χ4n) is 1.80. The topological polar surface area (TPSA) is 80.0 Å². The molecule has 3 N–H and O–H groups in total. The summed E-state index contributed by atoms with van der Waals surface area (Å²) in [5.74, 6) is 0.434. The maximum Gasteiger partial charge on any atom is 0.233 e. The summed E-state index contributed by atoms with van der Waals surface area (Å²) in [5, 5.41) is 3.15. The molecule has 0 spiro atoms. The van der Waals surface area contributed by atoms with Crippen LogP contribution in [0.2, 0.25) is 5.02 Å². The van der Waals surface area contributed by atoms with E-state index in [-0.39, 0.29) is 16.9 Å². The summed E-state index contributed by atoms with van der Waals surface area (Å²) in [6.07, 6.45) is 0. The molecule has 0 aliphatic rings. The van der Waals surface area contributed by atoms with E-state index in [9.17, 15) is 4.39 Å². The van der Waals surface area contributed by atoms with Crippen molar-refractivity contribution in [1.82, 2.24) is 15.0 Å². The van der Waals surface area contributed by atoms with Crippen LogP contribution in [-0.4, -0.2) is 28.0 Å². The van der Waals surface area contributed by atoms with Gasteiger partial charge in [0.25, 0.3) is 0 Å². The van der Waals surface area contributed by atoms with E-state index in [0.29, 0.717) is 11.6 Å². The first-order valence-corrected chi connectivity index (χ1v) is 6.89. The van der Waals surface area contributed by atoms with E-state index in [4.69, 9.17) is 17.3 Å². The number of anilines is 4. The van der Waals surface area contributed by atoms with Crippen LogP contribution < -0.4 is 16.0 Å². The third-order valence-corrected chi connectivity index (χ3v) is 3.18. The minimum atomic E-state index is -0.412. The van der Waals surface area contributed by atoms with Gasteiger partial charge in [-0.15, -0.1) is 0 Å². The molecule has 21 heavy (non-hydrogen) atoms. The van der Waals surface area contributed by atoms with Gasteiger partial charge in [-0.3, -0.25) is 0 Å². The van der Waals surface area contributed by atoms with Crippen molar-refractivity contribution in [2.24, 2.45) is 0 Å². The van der Waals surface area contributed by atoms with Gasteiger partial charge in [0.15, 0.2) is 0 Å². The molecule has 0 saturated heterocycles. The second-order valence-corrected chi connectivity index (χ2v) is 4.65. The molecule has 0 aliphatic heterocycles. The average Bonchev–Trinajstić information content (AvgIpc) is 2.43. The normalized spacial score (nSPS) is 10.5. The van der Waals surface area contributed by atoms with Crippen LogP contribution in [0.1, 0.15) is 13.8 Å². The van der Waals surface area contributed by atoms with Crippen molar-refractivity contribution in [3.8, 4) is 0 Å². The SMILES string of the molecule is CCN(CC)c1nc(N)nc(Nc2ccc(F)cc2Cl)n1. The first-order chi connectivity index (χ1) is 10.0. The molecule has 2 aromatic rings. The van der Waals surface area contributed by atoms with E-state index in [0.717, 1.165) is 13.1 Å². The van der Waals surface area contributed by atoms with Crippen LogP contribution in [-0.2, 0) is 0 Å². The van der Waals surface area contributed by atoms with Crippen LogP contribution in [0.25, 0.3) is 0 Å². The van der Waals surface area contributed by atoms with Crippen LogP contribution in [0, 0.1) is 5.82 Å². The van der Waals surface area contributed by atoms with E-state index in [1.54, 1.807) is 0 Å². The number of hydrogen-bond acceptors (Lipinski definition) is 6. The van der Waals surface area contributed by atoms with Crippen molar-refractivity contribution in [3.63, 3.8) is 0 Å². The summed E-state index contributed by atoms with van der Waals surface area (Å²) in [7, 11) is 0. The molecule has 0 saturated carbocycles. The lowest BCUT2D eigenvalue weighted by Crippen LogP contribution is -2.25. The third-order valence-electron chi connectivity index (χ3n) is 2.86. The maximum atomic E-state index is 13.0. The van der Waals surface area contributed by atoms with Gasteiger partial charge < -0.3 is 16.0 Å². The van der Waals surface area contributed by atoms with Crippen molar-refractivity contribution in [2.75, 3.05) is 29.0 Å². The Balaban J connectivity index is 2.31. The molecule has 1 aromatic carbocycles. The van der Waals surface area contributed by atoms with Crippen molar-refractivity contribution in [1.29, 1.82) is 0 Å². The first-order valence-electron chi connectivity index (χ1n) is 6.52. The van der Waals surface area contributed by atoms with Gasteiger partial charge in [0.2, 0.25) is 17.8 Å². The Kier molecular flexibility index (Phi) is 4.74. The smallest absolute Gasteiger partial charge is 0.233 e. The van der Waals surface area contributed by atoms with E-state index in [1.807, 2.05) is 18.7 Å². The quantitative estimate of drug-likeness (QED) is 0.884. The lowest BCUT2D eigenvalue weighted by molar-refractivity contribution is 0.628. The Morgan fingerprint density at radius 3 is 2.57 bits per heavy atom. The van der Waals surface area contributed by atoms with Crippen LogP contribution in [0.5, 0.6) is 0 Å². The van der Waals surface area contributed by atoms with Gasteiger partial charge >= 0.3 is 0 Å². The van der Waals surface area contributed by atoms with Gasteiger partial charge in [-0.25, -0.2) is 4.39 Å². The second-order valence-electron chi connectivity index (χ2n) is 4.24. The van der Waals surface area contributed by atoms with Crippen LogP contribution in [0.15, 0.2) is 18.2 Å². The molecular weight excluding hydrogens is 295 g/mol. The Bertz CT molecular complexity index is 632. The summed E-state index contributed by atoms with van der Waals surface area (Å²) in [5.41, 5.74) is 6.20. The Hall–Kier alpha value is -2.15. The molecule has 112 valence electrons. The van der Waals surface area contributed by atoms with Gasteiger partial charge in [0, 0.05) is 13.1 Å². The van der Waals surface area contributed by atoms with E-state index in [1.165, 1.54) is 18.2 Å². The molecule has 0 amide bonds. The molecule has 1 aromatic heterocycles. The molecule has 0 aliphatic carbocycles. The number of hydrogen-bond donors (Lipinski definition) is 2. The number of halogens is 2. The number of nitrogens with one attached hydrogen (secondary N) is 1. The third kappa shape index (κ3) is 3.69. The number of rotatable bonds is 5. The van der Waals surface area contributed by atoms with E-state index >= 15 is 0 Å². The van der Waals surface area contributed by atoms with Gasteiger partial charge in [-0.05, 0) is 32.0 Å². The lowest BCUT2D eigenvalue weighted by Gasteiger charge is -2.19. The zero-order valence-corrected chi connectivity index (χ0v) is 12.5. The number of benzene rings is 1. The van der Waals surface area contributed by atoms with Crippen LogP contribution in [0.3, 0.4) is 0 Å². The Morgan fingerprint density at radius 2 is 1.95 bits per heavy atom. The minimum absolute atomic E-state index is 0.104.